The molecule has 3 N–H and O–H groups in total. The van der Waals surface area contributed by atoms with Crippen LogP contribution in [0.25, 0.3) is 0 Å². The van der Waals surface area contributed by atoms with Crippen molar-refractivity contribution in [3.8, 4) is 0 Å². The molecular weight excluding hydrogens is 220 g/mol. The van der Waals surface area contributed by atoms with Gasteiger partial charge in [-0.15, -0.1) is 0 Å². The number of carboxylic acids is 1. The third-order valence-corrected chi connectivity index (χ3v) is 3.20. The maximum Gasteiger partial charge on any atom is 0.306 e. The lowest BCUT2D eigenvalue weighted by atomic mass is 9.99. The van der Waals surface area contributed by atoms with Crippen LogP contribution >= 0.6 is 0 Å². The summed E-state index contributed by atoms with van der Waals surface area (Å²) in [7, 11) is 0. The van der Waals surface area contributed by atoms with Crippen molar-refractivity contribution in [2.45, 2.75) is 32.6 Å². The molecule has 1 aliphatic rings. The number of piperidine rings is 1. The minimum absolute atomic E-state index is 0.0839. The molecule has 0 saturated carbocycles. The quantitative estimate of drug-likeness (QED) is 0.596. The van der Waals surface area contributed by atoms with Crippen LogP contribution in [0.3, 0.4) is 0 Å². The van der Waals surface area contributed by atoms with E-state index in [1.165, 1.54) is 0 Å². The van der Waals surface area contributed by atoms with Gasteiger partial charge in [0.05, 0.1) is 11.8 Å². The molecule has 17 heavy (non-hydrogen) atoms. The molecule has 5 heteroatoms. The Morgan fingerprint density at radius 3 is 2.88 bits per heavy atom. The lowest BCUT2D eigenvalue weighted by molar-refractivity contribution is -0.141. The predicted molar refractivity (Wildman–Crippen MR) is 64.6 cm³/mol. The molecule has 1 rings (SSSR count). The van der Waals surface area contributed by atoms with Gasteiger partial charge in [-0.1, -0.05) is 6.92 Å². The summed E-state index contributed by atoms with van der Waals surface area (Å²) >= 11 is 0. The molecule has 2 unspecified atom stereocenters. The Morgan fingerprint density at radius 1 is 1.53 bits per heavy atom. The Kier molecular flexibility index (Phi) is 5.97. The summed E-state index contributed by atoms with van der Waals surface area (Å²) in [5.41, 5.74) is 0. The number of hydrogen-bond acceptors (Lipinski definition) is 3. The summed E-state index contributed by atoms with van der Waals surface area (Å²) in [6.07, 6.45) is 3.33. The third kappa shape index (κ3) is 5.17. The molecule has 1 amide bonds. The highest BCUT2D eigenvalue weighted by Crippen LogP contribution is 2.10. The zero-order chi connectivity index (χ0) is 12.7. The first kappa shape index (κ1) is 14.0. The summed E-state index contributed by atoms with van der Waals surface area (Å²) in [4.78, 5) is 22.3. The molecule has 0 aromatic rings. The monoisotopic (exact) mass is 242 g/mol. The fourth-order valence-electron chi connectivity index (χ4n) is 1.96. The predicted octanol–water partition coefficient (Wildman–Crippen LogP) is 0.603. The number of carbonyl (C=O) groups excluding carboxylic acids is 1. The molecule has 5 nitrogen and oxygen atoms in total. The normalized spacial score (nSPS) is 21.8. The first-order valence-electron chi connectivity index (χ1n) is 6.32. The summed E-state index contributed by atoms with van der Waals surface area (Å²) in [6, 6.07) is 0. The van der Waals surface area contributed by atoms with Gasteiger partial charge in [0.25, 0.3) is 0 Å². The van der Waals surface area contributed by atoms with Crippen molar-refractivity contribution >= 4 is 11.9 Å². The van der Waals surface area contributed by atoms with Crippen LogP contribution in [0.4, 0.5) is 0 Å². The van der Waals surface area contributed by atoms with E-state index in [0.717, 1.165) is 32.4 Å². The van der Waals surface area contributed by atoms with Crippen LogP contribution in [-0.4, -0.2) is 36.6 Å². The molecule has 0 aromatic carbocycles. The van der Waals surface area contributed by atoms with Crippen LogP contribution in [-0.2, 0) is 9.59 Å². The van der Waals surface area contributed by atoms with E-state index >= 15 is 0 Å². The van der Waals surface area contributed by atoms with E-state index in [1.807, 2.05) is 0 Å². The van der Waals surface area contributed by atoms with E-state index in [9.17, 15) is 9.59 Å². The van der Waals surface area contributed by atoms with Crippen molar-refractivity contribution < 1.29 is 14.7 Å². The highest BCUT2D eigenvalue weighted by molar-refractivity contribution is 5.78. The number of rotatable bonds is 6. The number of carbonyl (C=O) groups is 2. The Labute approximate surface area is 102 Å². The van der Waals surface area contributed by atoms with Crippen LogP contribution in [0, 0.1) is 11.8 Å². The van der Waals surface area contributed by atoms with Crippen molar-refractivity contribution in [2.75, 3.05) is 19.6 Å². The molecule has 1 saturated heterocycles. The highest BCUT2D eigenvalue weighted by atomic mass is 16.4. The van der Waals surface area contributed by atoms with Crippen molar-refractivity contribution in [1.82, 2.24) is 10.6 Å². The van der Waals surface area contributed by atoms with Gasteiger partial charge in [-0.3, -0.25) is 9.59 Å². The lowest BCUT2D eigenvalue weighted by Gasteiger charge is -2.21. The number of nitrogens with one attached hydrogen (secondary N) is 2. The first-order valence-corrected chi connectivity index (χ1v) is 6.32. The van der Waals surface area contributed by atoms with E-state index in [4.69, 9.17) is 5.11 Å². The van der Waals surface area contributed by atoms with Gasteiger partial charge in [0, 0.05) is 13.1 Å². The minimum atomic E-state index is -0.771. The number of hydrogen-bond donors (Lipinski definition) is 3. The fraction of sp³-hybridized carbons (Fsp3) is 0.833. The smallest absolute Gasteiger partial charge is 0.306 e. The molecule has 0 spiro atoms. The number of amides is 1. The summed E-state index contributed by atoms with van der Waals surface area (Å²) in [6.45, 7) is 4.03. The fourth-order valence-corrected chi connectivity index (χ4v) is 1.96. The van der Waals surface area contributed by atoms with Gasteiger partial charge in [0.1, 0.15) is 0 Å². The van der Waals surface area contributed by atoms with Crippen LogP contribution in [0.1, 0.15) is 32.6 Å². The number of aliphatic carboxylic acids is 1. The zero-order valence-corrected chi connectivity index (χ0v) is 10.4. The van der Waals surface area contributed by atoms with E-state index in [2.05, 4.69) is 10.6 Å². The van der Waals surface area contributed by atoms with Crippen molar-refractivity contribution in [1.29, 1.82) is 0 Å². The second kappa shape index (κ2) is 7.27. The van der Waals surface area contributed by atoms with Gasteiger partial charge in [-0.05, 0) is 32.2 Å². The first-order chi connectivity index (χ1) is 8.11. The molecule has 2 atom stereocenters. The van der Waals surface area contributed by atoms with Gasteiger partial charge < -0.3 is 15.7 Å². The van der Waals surface area contributed by atoms with Crippen LogP contribution < -0.4 is 10.6 Å². The second-order valence-corrected chi connectivity index (χ2v) is 4.72. The van der Waals surface area contributed by atoms with Crippen molar-refractivity contribution in [3.63, 3.8) is 0 Å². The van der Waals surface area contributed by atoms with Crippen LogP contribution in [0.2, 0.25) is 0 Å². The molecule has 98 valence electrons. The van der Waals surface area contributed by atoms with E-state index in [1.54, 1.807) is 6.92 Å². The van der Waals surface area contributed by atoms with Gasteiger partial charge in [0.2, 0.25) is 5.91 Å². The van der Waals surface area contributed by atoms with Gasteiger partial charge in [-0.25, -0.2) is 0 Å². The average molecular weight is 242 g/mol. The van der Waals surface area contributed by atoms with Gasteiger partial charge in [0.15, 0.2) is 0 Å². The Morgan fingerprint density at radius 2 is 2.29 bits per heavy atom. The Bertz CT molecular complexity index is 262. The van der Waals surface area contributed by atoms with E-state index in [-0.39, 0.29) is 17.7 Å². The van der Waals surface area contributed by atoms with Crippen molar-refractivity contribution in [2.24, 2.45) is 11.8 Å². The zero-order valence-electron chi connectivity index (χ0n) is 10.4. The molecule has 0 aromatic heterocycles. The van der Waals surface area contributed by atoms with Gasteiger partial charge >= 0.3 is 5.97 Å². The molecule has 1 heterocycles. The topological polar surface area (TPSA) is 78.4 Å². The standard InChI is InChI=1S/C12H22N2O3/c1-9(12(16)17)4-2-7-14-11(15)10-5-3-6-13-8-10/h9-10,13H,2-8H2,1H3,(H,14,15)(H,16,17). The largest absolute Gasteiger partial charge is 0.481 e. The average Bonchev–Trinajstić information content (AvgIpc) is 2.35. The molecule has 1 aliphatic heterocycles. The lowest BCUT2D eigenvalue weighted by Crippen LogP contribution is -2.40. The van der Waals surface area contributed by atoms with E-state index in [0.29, 0.717) is 13.0 Å². The van der Waals surface area contributed by atoms with E-state index < -0.39 is 5.97 Å². The molecule has 0 aliphatic carbocycles. The Hall–Kier alpha value is -1.10. The maximum absolute atomic E-state index is 11.7. The molecule has 1 fully saturated rings. The minimum Gasteiger partial charge on any atom is -0.481 e. The van der Waals surface area contributed by atoms with Crippen LogP contribution in [0.15, 0.2) is 0 Å². The molecule has 0 bridgehead atoms. The summed E-state index contributed by atoms with van der Waals surface area (Å²) < 4.78 is 0. The summed E-state index contributed by atoms with van der Waals surface area (Å²) in [5, 5.41) is 14.8. The number of carboxylic acid groups (broad SMARTS) is 1. The highest BCUT2D eigenvalue weighted by Gasteiger charge is 2.20. The van der Waals surface area contributed by atoms with Gasteiger partial charge in [-0.2, -0.15) is 0 Å². The van der Waals surface area contributed by atoms with Crippen LogP contribution in [0.5, 0.6) is 0 Å². The van der Waals surface area contributed by atoms with Crippen molar-refractivity contribution in [3.05, 3.63) is 0 Å². The maximum atomic E-state index is 11.7. The SMILES string of the molecule is CC(CCCNC(=O)C1CCCNC1)C(=O)O. The second-order valence-electron chi connectivity index (χ2n) is 4.72. The Balaban J connectivity index is 2.09. The third-order valence-electron chi connectivity index (χ3n) is 3.20. The summed E-state index contributed by atoms with van der Waals surface area (Å²) in [5.74, 6) is -0.920. The molecule has 0 radical (unpaired) electrons. The molecular formula is C12H22N2O3.